The van der Waals surface area contributed by atoms with Gasteiger partial charge in [0.2, 0.25) is 5.91 Å². The summed E-state index contributed by atoms with van der Waals surface area (Å²) in [6, 6.07) is 10.5. The summed E-state index contributed by atoms with van der Waals surface area (Å²) < 4.78 is 16.4. The summed E-state index contributed by atoms with van der Waals surface area (Å²) in [5, 5.41) is 13.0. The Hall–Kier alpha value is -3.48. The Morgan fingerprint density at radius 1 is 1.00 bits per heavy atom. The van der Waals surface area contributed by atoms with Crippen LogP contribution < -0.4 is 19.5 Å². The van der Waals surface area contributed by atoms with Gasteiger partial charge in [-0.25, -0.2) is 0 Å². The lowest BCUT2D eigenvalue weighted by Gasteiger charge is -2.35. The molecule has 2 aromatic rings. The van der Waals surface area contributed by atoms with E-state index in [1.807, 2.05) is 25.1 Å². The molecule has 7 nitrogen and oxygen atoms in total. The topological polar surface area (TPSA) is 94.1 Å². The number of Topliss-reactive ketones (excluding diaryl/α,β-unsaturated/α-hetero) is 1. The van der Waals surface area contributed by atoms with Crippen LogP contribution in [0, 0.1) is 0 Å². The molecule has 0 radical (unpaired) electrons. The van der Waals surface area contributed by atoms with E-state index < -0.39 is 0 Å². The van der Waals surface area contributed by atoms with Crippen LogP contribution in [0.25, 0.3) is 0 Å². The minimum atomic E-state index is -0.376. The zero-order valence-corrected chi connectivity index (χ0v) is 18.4. The minimum Gasteiger partial charge on any atom is -0.504 e. The maximum atomic E-state index is 13.4. The van der Waals surface area contributed by atoms with Gasteiger partial charge in [0.05, 0.1) is 20.8 Å². The molecule has 2 aliphatic rings. The predicted molar refractivity (Wildman–Crippen MR) is 118 cm³/mol. The number of hydrogen-bond donors (Lipinski definition) is 2. The van der Waals surface area contributed by atoms with Gasteiger partial charge < -0.3 is 24.6 Å². The number of methoxy groups -OCH3 is 2. The summed E-state index contributed by atoms with van der Waals surface area (Å²) in [5.41, 5.74) is 2.95. The molecule has 1 aliphatic heterocycles. The van der Waals surface area contributed by atoms with Gasteiger partial charge in [-0.3, -0.25) is 9.59 Å². The molecule has 0 unspecified atom stereocenters. The van der Waals surface area contributed by atoms with Gasteiger partial charge in [-0.15, -0.1) is 0 Å². The molecular weight excluding hydrogens is 410 g/mol. The monoisotopic (exact) mass is 437 g/mol. The van der Waals surface area contributed by atoms with E-state index in [0.717, 1.165) is 11.1 Å². The van der Waals surface area contributed by atoms with Crippen LogP contribution in [0.4, 0.5) is 0 Å². The largest absolute Gasteiger partial charge is 0.504 e. The molecule has 0 saturated heterocycles. The molecule has 32 heavy (non-hydrogen) atoms. The second kappa shape index (κ2) is 8.94. The summed E-state index contributed by atoms with van der Waals surface area (Å²) in [5.74, 6) is 1.11. The van der Waals surface area contributed by atoms with E-state index in [-0.39, 0.29) is 35.7 Å². The van der Waals surface area contributed by atoms with Crippen LogP contribution in [-0.4, -0.2) is 37.6 Å². The van der Waals surface area contributed by atoms with Crippen molar-refractivity contribution in [3.8, 4) is 23.0 Å². The lowest BCUT2D eigenvalue weighted by atomic mass is 9.73. The maximum absolute atomic E-state index is 13.4. The first-order valence-corrected chi connectivity index (χ1v) is 10.7. The maximum Gasteiger partial charge on any atom is 0.225 e. The van der Waals surface area contributed by atoms with Crippen LogP contribution in [0.2, 0.25) is 0 Å². The van der Waals surface area contributed by atoms with Gasteiger partial charge in [0, 0.05) is 41.5 Å². The van der Waals surface area contributed by atoms with Crippen molar-refractivity contribution in [3.05, 3.63) is 58.8 Å². The molecule has 2 atom stereocenters. The minimum absolute atomic E-state index is 0.00263. The average molecular weight is 437 g/mol. The molecule has 0 saturated carbocycles. The van der Waals surface area contributed by atoms with Gasteiger partial charge in [0.1, 0.15) is 11.5 Å². The zero-order valence-electron chi connectivity index (χ0n) is 18.4. The first-order chi connectivity index (χ1) is 15.4. The van der Waals surface area contributed by atoms with Crippen molar-refractivity contribution in [1.82, 2.24) is 5.32 Å². The number of benzene rings is 2. The molecule has 7 heteroatoms. The number of carbonyl (C=O) groups excluding carboxylic acids is 2. The van der Waals surface area contributed by atoms with Crippen LogP contribution in [0.3, 0.4) is 0 Å². The second-order valence-electron chi connectivity index (χ2n) is 7.99. The van der Waals surface area contributed by atoms with Gasteiger partial charge in [-0.2, -0.15) is 0 Å². The predicted octanol–water partition coefficient (Wildman–Crippen LogP) is 3.81. The highest BCUT2D eigenvalue weighted by molar-refractivity contribution is 6.02. The number of phenols is 1. The summed E-state index contributed by atoms with van der Waals surface area (Å²) in [7, 11) is 3.19. The molecule has 0 spiro atoms. The molecular formula is C25H27NO6. The van der Waals surface area contributed by atoms with Crippen LogP contribution in [0.1, 0.15) is 49.1 Å². The summed E-state index contributed by atoms with van der Waals surface area (Å²) in [4.78, 5) is 25.9. The summed E-state index contributed by atoms with van der Waals surface area (Å²) in [6.45, 7) is 2.23. The summed E-state index contributed by atoms with van der Waals surface area (Å²) >= 11 is 0. The number of phenolic OH excluding ortho intramolecular Hbond substituents is 1. The second-order valence-corrected chi connectivity index (χ2v) is 7.99. The number of aromatic hydroxyl groups is 1. The quantitative estimate of drug-likeness (QED) is 0.714. The van der Waals surface area contributed by atoms with E-state index >= 15 is 0 Å². The van der Waals surface area contributed by atoms with Gasteiger partial charge in [0.15, 0.2) is 17.3 Å². The van der Waals surface area contributed by atoms with Gasteiger partial charge in [-0.05, 0) is 49.2 Å². The van der Waals surface area contributed by atoms with Crippen molar-refractivity contribution < 1.29 is 28.9 Å². The van der Waals surface area contributed by atoms with E-state index in [1.54, 1.807) is 32.4 Å². The SMILES string of the molecule is CCOc1cc([C@@H]2CC(=O)NC3=C2C(=O)C[C@@H](c2cc(OC)ccc2OC)C3)ccc1O. The van der Waals surface area contributed by atoms with E-state index in [1.165, 1.54) is 0 Å². The molecule has 1 aliphatic carbocycles. The smallest absolute Gasteiger partial charge is 0.225 e. The molecule has 4 rings (SSSR count). The Labute approximate surface area is 187 Å². The van der Waals surface area contributed by atoms with Crippen LogP contribution in [0.15, 0.2) is 47.7 Å². The lowest BCUT2D eigenvalue weighted by Crippen LogP contribution is -2.38. The van der Waals surface area contributed by atoms with Crippen LogP contribution in [0.5, 0.6) is 23.0 Å². The zero-order chi connectivity index (χ0) is 22.8. The van der Waals surface area contributed by atoms with E-state index in [9.17, 15) is 14.7 Å². The van der Waals surface area contributed by atoms with Crippen LogP contribution >= 0.6 is 0 Å². The molecule has 2 N–H and O–H groups in total. The van der Waals surface area contributed by atoms with Gasteiger partial charge in [0.25, 0.3) is 0 Å². The highest BCUT2D eigenvalue weighted by Crippen LogP contribution is 2.45. The van der Waals surface area contributed by atoms with E-state index in [0.29, 0.717) is 48.0 Å². The van der Waals surface area contributed by atoms with Crippen molar-refractivity contribution in [2.24, 2.45) is 0 Å². The third-order valence-corrected chi connectivity index (χ3v) is 6.10. The molecule has 2 aromatic carbocycles. The Bertz CT molecular complexity index is 1090. The standard InChI is InChI=1S/C25H27NO6/c1-4-32-23-11-14(5-7-20(23)27)18-13-24(29)26-19-9-15(10-21(28)25(18)19)17-12-16(30-2)6-8-22(17)31-3/h5-8,11-12,15,18,27H,4,9-10,13H2,1-3H3,(H,26,29)/t15-,18-/m0/s1. The number of hydrogen-bond acceptors (Lipinski definition) is 6. The highest BCUT2D eigenvalue weighted by Gasteiger charge is 2.39. The van der Waals surface area contributed by atoms with E-state index in [4.69, 9.17) is 14.2 Å². The number of rotatable bonds is 6. The normalized spacial score (nSPS) is 20.5. The Kier molecular flexibility index (Phi) is 6.08. The number of amides is 1. The molecule has 0 fully saturated rings. The fraction of sp³-hybridized carbons (Fsp3) is 0.360. The van der Waals surface area contributed by atoms with Crippen molar-refractivity contribution in [3.63, 3.8) is 0 Å². The molecule has 168 valence electrons. The van der Waals surface area contributed by atoms with Crippen molar-refractivity contribution >= 4 is 11.7 Å². The number of ether oxygens (including phenoxy) is 3. The Balaban J connectivity index is 1.72. The number of nitrogens with one attached hydrogen (secondary N) is 1. The summed E-state index contributed by atoms with van der Waals surface area (Å²) in [6.07, 6.45) is 1.00. The third kappa shape index (κ3) is 4.02. The first kappa shape index (κ1) is 21.7. The van der Waals surface area contributed by atoms with Crippen molar-refractivity contribution in [2.45, 2.75) is 38.0 Å². The fourth-order valence-electron chi connectivity index (χ4n) is 4.64. The van der Waals surface area contributed by atoms with Crippen molar-refractivity contribution in [1.29, 1.82) is 0 Å². The fourth-order valence-corrected chi connectivity index (χ4v) is 4.64. The first-order valence-electron chi connectivity index (χ1n) is 10.7. The van der Waals surface area contributed by atoms with Crippen LogP contribution in [-0.2, 0) is 9.59 Å². The van der Waals surface area contributed by atoms with Gasteiger partial charge in [-0.1, -0.05) is 6.07 Å². The third-order valence-electron chi connectivity index (χ3n) is 6.10. The number of carbonyl (C=O) groups is 2. The van der Waals surface area contributed by atoms with E-state index in [2.05, 4.69) is 5.32 Å². The lowest BCUT2D eigenvalue weighted by molar-refractivity contribution is -0.122. The molecule has 1 amide bonds. The van der Waals surface area contributed by atoms with Crippen molar-refractivity contribution in [2.75, 3.05) is 20.8 Å². The Morgan fingerprint density at radius 3 is 2.53 bits per heavy atom. The average Bonchev–Trinajstić information content (AvgIpc) is 2.79. The number of allylic oxidation sites excluding steroid dienone is 2. The van der Waals surface area contributed by atoms with Gasteiger partial charge >= 0.3 is 0 Å². The molecule has 0 aromatic heterocycles. The molecule has 1 heterocycles. The molecule has 0 bridgehead atoms. The number of ketones is 1. The Morgan fingerprint density at radius 2 is 1.81 bits per heavy atom. The highest BCUT2D eigenvalue weighted by atomic mass is 16.5.